The lowest BCUT2D eigenvalue weighted by Crippen LogP contribution is -2.67. The van der Waals surface area contributed by atoms with E-state index in [9.17, 15) is 0 Å². The third-order valence-corrected chi connectivity index (χ3v) is 3.17. The fourth-order valence-electron chi connectivity index (χ4n) is 2.49. The van der Waals surface area contributed by atoms with E-state index in [1.54, 1.807) is 6.20 Å². The van der Waals surface area contributed by atoms with Gasteiger partial charge in [-0.3, -0.25) is 0 Å². The molecule has 1 aliphatic heterocycles. The molecule has 4 nitrogen and oxygen atoms in total. The lowest BCUT2D eigenvalue weighted by molar-refractivity contribution is 0.237. The minimum Gasteiger partial charge on any atom is -0.487 e. The van der Waals surface area contributed by atoms with Gasteiger partial charge in [-0.2, -0.15) is 0 Å². The fourth-order valence-corrected chi connectivity index (χ4v) is 2.49. The van der Waals surface area contributed by atoms with Crippen LogP contribution in [0.2, 0.25) is 0 Å². The van der Waals surface area contributed by atoms with Gasteiger partial charge in [0.2, 0.25) is 0 Å². The van der Waals surface area contributed by atoms with E-state index in [1.807, 2.05) is 26.0 Å². The molecule has 1 fully saturated rings. The molecule has 0 saturated carbocycles. The second-order valence-electron chi connectivity index (χ2n) is 5.46. The first kappa shape index (κ1) is 13.1. The highest BCUT2D eigenvalue weighted by atomic mass is 16.5. The summed E-state index contributed by atoms with van der Waals surface area (Å²) in [5.41, 5.74) is 6.24. The minimum absolute atomic E-state index is 0.0403. The van der Waals surface area contributed by atoms with Crippen LogP contribution in [0.25, 0.3) is 0 Å². The van der Waals surface area contributed by atoms with Crippen molar-refractivity contribution in [2.45, 2.75) is 45.3 Å². The average molecular weight is 249 g/mol. The van der Waals surface area contributed by atoms with Gasteiger partial charge in [0.15, 0.2) is 11.6 Å². The normalized spacial score (nSPS) is 17.7. The third kappa shape index (κ3) is 2.75. The van der Waals surface area contributed by atoms with Gasteiger partial charge in [0, 0.05) is 19.3 Å². The summed E-state index contributed by atoms with van der Waals surface area (Å²) in [6.45, 7) is 7.96. The Kier molecular flexibility index (Phi) is 3.76. The molecular weight excluding hydrogens is 226 g/mol. The van der Waals surface area contributed by atoms with Crippen LogP contribution < -0.4 is 15.4 Å². The Morgan fingerprint density at radius 3 is 2.83 bits per heavy atom. The van der Waals surface area contributed by atoms with Gasteiger partial charge in [-0.15, -0.1) is 0 Å². The lowest BCUT2D eigenvalue weighted by atomic mass is 9.86. The van der Waals surface area contributed by atoms with Gasteiger partial charge in [-0.05, 0) is 32.4 Å². The Morgan fingerprint density at radius 1 is 1.50 bits per heavy atom. The Morgan fingerprint density at radius 2 is 2.22 bits per heavy atom. The summed E-state index contributed by atoms with van der Waals surface area (Å²) >= 11 is 0. The Labute approximate surface area is 109 Å². The zero-order valence-corrected chi connectivity index (χ0v) is 11.5. The van der Waals surface area contributed by atoms with Crippen LogP contribution in [-0.4, -0.2) is 29.7 Å². The number of hydrogen-bond donors (Lipinski definition) is 1. The number of aromatic nitrogens is 1. The molecule has 0 unspecified atom stereocenters. The van der Waals surface area contributed by atoms with Gasteiger partial charge in [0.05, 0.1) is 11.6 Å². The van der Waals surface area contributed by atoms with Gasteiger partial charge in [-0.25, -0.2) is 4.98 Å². The molecule has 4 heteroatoms. The van der Waals surface area contributed by atoms with Crippen molar-refractivity contribution in [1.82, 2.24) is 4.98 Å². The highest BCUT2D eigenvalue weighted by Crippen LogP contribution is 2.34. The molecule has 1 saturated heterocycles. The maximum Gasteiger partial charge on any atom is 0.171 e. The Hall–Kier alpha value is -1.29. The molecule has 0 aromatic carbocycles. The first-order chi connectivity index (χ1) is 8.54. The number of hydrogen-bond acceptors (Lipinski definition) is 4. The molecule has 1 aromatic rings. The highest BCUT2D eigenvalue weighted by molar-refractivity contribution is 5.55. The van der Waals surface area contributed by atoms with Crippen LogP contribution in [0.3, 0.4) is 0 Å². The summed E-state index contributed by atoms with van der Waals surface area (Å²) in [6, 6.07) is 3.88. The Bertz CT molecular complexity index is 400. The van der Waals surface area contributed by atoms with Crippen LogP contribution in [0, 0.1) is 0 Å². The van der Waals surface area contributed by atoms with Crippen molar-refractivity contribution in [3.8, 4) is 5.75 Å². The largest absolute Gasteiger partial charge is 0.487 e. The molecular formula is C14H23N3O. The molecule has 100 valence electrons. The molecule has 0 spiro atoms. The van der Waals surface area contributed by atoms with Gasteiger partial charge in [-0.1, -0.05) is 13.3 Å². The molecule has 0 aliphatic carbocycles. The predicted octanol–water partition coefficient (Wildman–Crippen LogP) is 2.19. The van der Waals surface area contributed by atoms with E-state index in [1.165, 1.54) is 0 Å². The van der Waals surface area contributed by atoms with E-state index in [0.717, 1.165) is 37.5 Å². The molecule has 0 bridgehead atoms. The standard InChI is InChI=1S/C14H23N3O/c1-4-7-14(15)9-17(10-14)13-12(18-11(2)3)6-5-8-16-13/h5-6,8,11H,4,7,9-10,15H2,1-3H3. The zero-order chi connectivity index (χ0) is 13.2. The number of pyridine rings is 1. The maximum absolute atomic E-state index is 6.28. The van der Waals surface area contributed by atoms with Crippen molar-refractivity contribution >= 4 is 5.82 Å². The summed E-state index contributed by atoms with van der Waals surface area (Å²) in [5.74, 6) is 1.77. The van der Waals surface area contributed by atoms with E-state index in [2.05, 4.69) is 16.8 Å². The molecule has 1 aliphatic rings. The number of ether oxygens (including phenoxy) is 1. The second kappa shape index (κ2) is 5.14. The van der Waals surface area contributed by atoms with Gasteiger partial charge in [0.25, 0.3) is 0 Å². The monoisotopic (exact) mass is 249 g/mol. The number of anilines is 1. The molecule has 2 N–H and O–H groups in total. The summed E-state index contributed by atoms with van der Waals surface area (Å²) < 4.78 is 5.79. The molecule has 1 aromatic heterocycles. The predicted molar refractivity (Wildman–Crippen MR) is 74.0 cm³/mol. The average Bonchev–Trinajstić information content (AvgIpc) is 2.26. The lowest BCUT2D eigenvalue weighted by Gasteiger charge is -2.48. The first-order valence-electron chi connectivity index (χ1n) is 6.69. The first-order valence-corrected chi connectivity index (χ1v) is 6.69. The molecule has 0 amide bonds. The van der Waals surface area contributed by atoms with Gasteiger partial charge in [0.1, 0.15) is 0 Å². The van der Waals surface area contributed by atoms with Crippen molar-refractivity contribution in [2.24, 2.45) is 5.73 Å². The van der Waals surface area contributed by atoms with E-state index in [-0.39, 0.29) is 11.6 Å². The van der Waals surface area contributed by atoms with Crippen molar-refractivity contribution < 1.29 is 4.74 Å². The SMILES string of the molecule is CCCC1(N)CN(c2ncccc2OC(C)C)C1. The van der Waals surface area contributed by atoms with E-state index in [4.69, 9.17) is 10.5 Å². The topological polar surface area (TPSA) is 51.4 Å². The molecule has 0 radical (unpaired) electrons. The number of nitrogens with zero attached hydrogens (tertiary/aromatic N) is 2. The summed E-state index contributed by atoms with van der Waals surface area (Å²) in [7, 11) is 0. The summed E-state index contributed by atoms with van der Waals surface area (Å²) in [6.07, 6.45) is 4.16. The van der Waals surface area contributed by atoms with Crippen LogP contribution in [0.5, 0.6) is 5.75 Å². The van der Waals surface area contributed by atoms with Crippen LogP contribution in [0.15, 0.2) is 18.3 Å². The molecule has 0 atom stereocenters. The van der Waals surface area contributed by atoms with Crippen molar-refractivity contribution in [1.29, 1.82) is 0 Å². The summed E-state index contributed by atoms with van der Waals surface area (Å²) in [4.78, 5) is 6.63. The minimum atomic E-state index is -0.0403. The Balaban J connectivity index is 2.07. The second-order valence-corrected chi connectivity index (χ2v) is 5.46. The van der Waals surface area contributed by atoms with Gasteiger partial charge < -0.3 is 15.4 Å². The number of rotatable bonds is 5. The molecule has 18 heavy (non-hydrogen) atoms. The smallest absolute Gasteiger partial charge is 0.171 e. The van der Waals surface area contributed by atoms with E-state index in [0.29, 0.717) is 0 Å². The fraction of sp³-hybridized carbons (Fsp3) is 0.643. The highest BCUT2D eigenvalue weighted by Gasteiger charge is 2.40. The van der Waals surface area contributed by atoms with Crippen molar-refractivity contribution in [2.75, 3.05) is 18.0 Å². The summed E-state index contributed by atoms with van der Waals surface area (Å²) in [5, 5.41) is 0. The molecule has 2 heterocycles. The van der Waals surface area contributed by atoms with Crippen LogP contribution >= 0.6 is 0 Å². The van der Waals surface area contributed by atoms with Crippen LogP contribution in [0.4, 0.5) is 5.82 Å². The van der Waals surface area contributed by atoms with E-state index >= 15 is 0 Å². The van der Waals surface area contributed by atoms with Crippen LogP contribution in [0.1, 0.15) is 33.6 Å². The quantitative estimate of drug-likeness (QED) is 0.869. The van der Waals surface area contributed by atoms with E-state index < -0.39 is 0 Å². The third-order valence-electron chi connectivity index (χ3n) is 3.17. The van der Waals surface area contributed by atoms with Crippen molar-refractivity contribution in [3.05, 3.63) is 18.3 Å². The maximum atomic E-state index is 6.28. The van der Waals surface area contributed by atoms with Gasteiger partial charge >= 0.3 is 0 Å². The number of nitrogens with two attached hydrogens (primary N) is 1. The zero-order valence-electron chi connectivity index (χ0n) is 11.5. The van der Waals surface area contributed by atoms with Crippen LogP contribution in [-0.2, 0) is 0 Å². The van der Waals surface area contributed by atoms with Crippen molar-refractivity contribution in [3.63, 3.8) is 0 Å². The molecule has 2 rings (SSSR count).